The molecule has 0 radical (unpaired) electrons. The summed E-state index contributed by atoms with van der Waals surface area (Å²) in [6.07, 6.45) is -4.41. The highest BCUT2D eigenvalue weighted by molar-refractivity contribution is 6.05. The zero-order valence-corrected chi connectivity index (χ0v) is 31.9. The molecule has 1 unspecified atom stereocenters. The van der Waals surface area contributed by atoms with Gasteiger partial charge >= 0.3 is 6.18 Å². The van der Waals surface area contributed by atoms with E-state index in [1.54, 1.807) is 47.4 Å². The van der Waals surface area contributed by atoms with Crippen molar-refractivity contribution in [1.82, 2.24) is 15.1 Å². The molecule has 7 rings (SSSR count). The van der Waals surface area contributed by atoms with Crippen molar-refractivity contribution in [3.05, 3.63) is 125 Å². The standard InChI is InChI=1S/C45H47F3N4O5/c1-2-37(30-8-4-3-5-9-30)42(31-11-16-35(53)17-12-31)32-13-18-36(19-14-32)57-40(45(46,47)48)10-6-7-23-50-24-26-51(27-25-50)34-15-20-38-33(28-34)29-52(44(38)56)39-21-22-41(54)49-43(39)55/h3-5,8-9,11-20,28,39-40,53H,2,6-7,10,21-27,29H2,1H3,(H,49,54,55)/b42-37-/t39?,40-/m0/s1. The summed E-state index contributed by atoms with van der Waals surface area (Å²) in [6, 6.07) is 28.7. The monoisotopic (exact) mass is 780 g/mol. The van der Waals surface area contributed by atoms with Crippen LogP contribution in [0.2, 0.25) is 0 Å². The lowest BCUT2D eigenvalue weighted by molar-refractivity contribution is -0.197. The van der Waals surface area contributed by atoms with Crippen molar-refractivity contribution >= 4 is 34.6 Å². The number of nitrogens with zero attached hydrogens (tertiary/aromatic N) is 3. The molecule has 4 aromatic carbocycles. The minimum atomic E-state index is -4.52. The second-order valence-electron chi connectivity index (χ2n) is 14.9. The number of nitrogens with one attached hydrogen (secondary N) is 1. The number of phenols is 1. The molecular formula is C45H47F3N4O5. The van der Waals surface area contributed by atoms with Gasteiger partial charge in [-0.3, -0.25) is 24.6 Å². The number of hydrogen-bond donors (Lipinski definition) is 2. The van der Waals surface area contributed by atoms with Crippen LogP contribution in [-0.4, -0.2) is 83.7 Å². The molecule has 12 heteroatoms. The molecule has 298 valence electrons. The van der Waals surface area contributed by atoms with Crippen molar-refractivity contribution in [3.63, 3.8) is 0 Å². The number of alkyl halides is 3. The van der Waals surface area contributed by atoms with Crippen molar-refractivity contribution in [2.75, 3.05) is 37.6 Å². The van der Waals surface area contributed by atoms with Crippen molar-refractivity contribution in [1.29, 1.82) is 0 Å². The van der Waals surface area contributed by atoms with Crippen molar-refractivity contribution in [2.45, 2.75) is 70.3 Å². The van der Waals surface area contributed by atoms with E-state index in [1.807, 2.05) is 54.6 Å². The molecule has 0 saturated carbocycles. The van der Waals surface area contributed by atoms with Crippen molar-refractivity contribution in [3.8, 4) is 11.5 Å². The first-order valence-corrected chi connectivity index (χ1v) is 19.6. The second kappa shape index (κ2) is 17.3. The minimum Gasteiger partial charge on any atom is -0.508 e. The van der Waals surface area contributed by atoms with Gasteiger partial charge in [0, 0.05) is 50.4 Å². The molecule has 2 saturated heterocycles. The average molecular weight is 781 g/mol. The number of rotatable bonds is 13. The average Bonchev–Trinajstić information content (AvgIpc) is 3.53. The van der Waals surface area contributed by atoms with Gasteiger partial charge in [0.05, 0.1) is 0 Å². The number of allylic oxidation sites excluding steroid dienone is 1. The largest absolute Gasteiger partial charge is 0.508 e. The molecule has 2 fully saturated rings. The molecule has 4 aromatic rings. The normalized spacial score (nSPS) is 18.6. The number of piperidine rings is 1. The lowest BCUT2D eigenvalue weighted by atomic mass is 9.88. The smallest absolute Gasteiger partial charge is 0.425 e. The summed E-state index contributed by atoms with van der Waals surface area (Å²) in [7, 11) is 0. The summed E-state index contributed by atoms with van der Waals surface area (Å²) in [4.78, 5) is 43.1. The number of hydrogen-bond acceptors (Lipinski definition) is 7. The maximum atomic E-state index is 14.2. The first-order chi connectivity index (χ1) is 27.5. The Hall–Kier alpha value is -5.62. The van der Waals surface area contributed by atoms with Crippen LogP contribution >= 0.6 is 0 Å². The van der Waals surface area contributed by atoms with E-state index in [1.165, 1.54) is 0 Å². The van der Waals surface area contributed by atoms with E-state index in [2.05, 4.69) is 22.0 Å². The zero-order chi connectivity index (χ0) is 40.1. The molecule has 9 nitrogen and oxygen atoms in total. The summed E-state index contributed by atoms with van der Waals surface area (Å²) >= 11 is 0. The van der Waals surface area contributed by atoms with Gasteiger partial charge in [-0.25, -0.2) is 0 Å². The number of unbranched alkanes of at least 4 members (excludes halogenated alkanes) is 1. The SMILES string of the molecule is CC/C(=C(\c1ccc(O)cc1)c1ccc(O[C@@H](CCCCN2CCN(c3ccc4c(c3)CN(C3CCC(=O)NC3=O)C4=O)CC2)C(F)(F)F)cc1)c1ccccc1. The van der Waals surface area contributed by atoms with Crippen molar-refractivity contribution < 1.29 is 37.4 Å². The zero-order valence-electron chi connectivity index (χ0n) is 31.9. The van der Waals surface area contributed by atoms with E-state index >= 15 is 0 Å². The van der Waals surface area contributed by atoms with Crippen LogP contribution in [0.5, 0.6) is 11.5 Å². The number of carbonyl (C=O) groups excluding carboxylic acids is 3. The van der Waals surface area contributed by atoms with Crippen LogP contribution in [0, 0.1) is 0 Å². The number of anilines is 1. The van der Waals surface area contributed by atoms with Crippen LogP contribution in [0.1, 0.15) is 78.1 Å². The number of amides is 3. The van der Waals surface area contributed by atoms with E-state index < -0.39 is 24.2 Å². The van der Waals surface area contributed by atoms with Gasteiger partial charge in [0.15, 0.2) is 6.10 Å². The fourth-order valence-corrected chi connectivity index (χ4v) is 8.11. The van der Waals surface area contributed by atoms with Gasteiger partial charge in [0.1, 0.15) is 17.5 Å². The molecule has 0 spiro atoms. The number of fused-ring (bicyclic) bond motifs is 1. The number of imide groups is 1. The quantitative estimate of drug-likeness (QED) is 0.0811. The van der Waals surface area contributed by atoms with Crippen LogP contribution in [-0.2, 0) is 16.1 Å². The molecule has 3 aliphatic heterocycles. The molecule has 2 N–H and O–H groups in total. The maximum Gasteiger partial charge on any atom is 0.425 e. The molecule has 57 heavy (non-hydrogen) atoms. The number of ether oxygens (including phenoxy) is 1. The third-order valence-corrected chi connectivity index (χ3v) is 11.2. The molecule has 3 amide bonds. The number of benzene rings is 4. The van der Waals surface area contributed by atoms with Gasteiger partial charge < -0.3 is 19.6 Å². The van der Waals surface area contributed by atoms with Gasteiger partial charge in [-0.15, -0.1) is 0 Å². The van der Waals surface area contributed by atoms with Gasteiger partial charge in [-0.2, -0.15) is 13.2 Å². The van der Waals surface area contributed by atoms with Crippen LogP contribution in [0.25, 0.3) is 11.1 Å². The van der Waals surface area contributed by atoms with E-state index in [0.29, 0.717) is 37.9 Å². The molecule has 3 heterocycles. The van der Waals surface area contributed by atoms with Crippen LogP contribution in [0.15, 0.2) is 97.1 Å². The number of phenolic OH excluding ortho intramolecular Hbond substituents is 1. The molecular weight excluding hydrogens is 734 g/mol. The fraction of sp³-hybridized carbons (Fsp3) is 0.356. The Morgan fingerprint density at radius 1 is 0.860 bits per heavy atom. The highest BCUT2D eigenvalue weighted by Crippen LogP contribution is 2.37. The Kier molecular flexibility index (Phi) is 12.0. The Bertz CT molecular complexity index is 2100. The predicted octanol–water partition coefficient (Wildman–Crippen LogP) is 7.82. The summed E-state index contributed by atoms with van der Waals surface area (Å²) in [5.74, 6) is -0.657. The van der Waals surface area contributed by atoms with Crippen LogP contribution < -0.4 is 15.0 Å². The molecule has 0 aromatic heterocycles. The first-order valence-electron chi connectivity index (χ1n) is 19.6. The van der Waals surface area contributed by atoms with E-state index in [4.69, 9.17) is 4.74 Å². The molecule has 0 bridgehead atoms. The Morgan fingerprint density at radius 2 is 1.54 bits per heavy atom. The number of piperazine rings is 1. The maximum absolute atomic E-state index is 14.2. The summed E-state index contributed by atoms with van der Waals surface area (Å²) in [5, 5.41) is 12.3. The Balaban J connectivity index is 0.917. The number of carbonyl (C=O) groups is 3. The minimum absolute atomic E-state index is 0.149. The highest BCUT2D eigenvalue weighted by Gasteiger charge is 2.42. The lowest BCUT2D eigenvalue weighted by Gasteiger charge is -2.36. The number of halogens is 3. The first kappa shape index (κ1) is 39.6. The van der Waals surface area contributed by atoms with E-state index in [9.17, 15) is 32.7 Å². The van der Waals surface area contributed by atoms with E-state index in [-0.39, 0.29) is 36.2 Å². The summed E-state index contributed by atoms with van der Waals surface area (Å²) in [6.45, 7) is 6.06. The third kappa shape index (κ3) is 9.17. The van der Waals surface area contributed by atoms with Crippen molar-refractivity contribution in [2.24, 2.45) is 0 Å². The Labute approximate surface area is 330 Å². The molecule has 2 atom stereocenters. The third-order valence-electron chi connectivity index (χ3n) is 11.2. The topological polar surface area (TPSA) is 102 Å². The van der Waals surface area contributed by atoms with Gasteiger partial charge in [0.25, 0.3) is 5.91 Å². The predicted molar refractivity (Wildman–Crippen MR) is 213 cm³/mol. The van der Waals surface area contributed by atoms with E-state index in [0.717, 1.165) is 71.7 Å². The molecule has 0 aliphatic carbocycles. The second-order valence-corrected chi connectivity index (χ2v) is 14.9. The Morgan fingerprint density at radius 3 is 2.19 bits per heavy atom. The summed E-state index contributed by atoms with van der Waals surface area (Å²) in [5.41, 5.74) is 7.18. The number of aromatic hydroxyl groups is 1. The van der Waals surface area contributed by atoms with Gasteiger partial charge in [0.2, 0.25) is 11.8 Å². The summed E-state index contributed by atoms with van der Waals surface area (Å²) < 4.78 is 48.3. The highest BCUT2D eigenvalue weighted by atomic mass is 19.4. The van der Waals surface area contributed by atoms with Crippen LogP contribution in [0.4, 0.5) is 18.9 Å². The van der Waals surface area contributed by atoms with Crippen LogP contribution in [0.3, 0.4) is 0 Å². The molecule has 3 aliphatic rings. The van der Waals surface area contributed by atoms with Gasteiger partial charge in [-0.05, 0) is 115 Å². The fourth-order valence-electron chi connectivity index (χ4n) is 8.11. The lowest BCUT2D eigenvalue weighted by Crippen LogP contribution is -2.52. The van der Waals surface area contributed by atoms with Gasteiger partial charge in [-0.1, -0.05) is 61.5 Å².